The molecule has 5 aliphatic rings. The molecule has 1 spiro atoms. The van der Waals surface area contributed by atoms with Crippen LogP contribution in [0.15, 0.2) is 22.8 Å². The molecule has 5 aliphatic carbocycles. The summed E-state index contributed by atoms with van der Waals surface area (Å²) >= 11 is 0. The molecular formula is C20H26O. The summed E-state index contributed by atoms with van der Waals surface area (Å²) in [6.07, 6.45) is 12.2. The third kappa shape index (κ3) is 1.41. The number of ketones is 1. The molecule has 0 bridgehead atoms. The second kappa shape index (κ2) is 3.73. The minimum atomic E-state index is 0.364. The Bertz CT molecular complexity index is 609. The number of fused-ring (bicyclic) bond motifs is 3. The van der Waals surface area contributed by atoms with Gasteiger partial charge < -0.3 is 0 Å². The first-order valence-corrected chi connectivity index (χ1v) is 9.01. The van der Waals surface area contributed by atoms with Gasteiger partial charge in [-0.3, -0.25) is 4.79 Å². The zero-order chi connectivity index (χ0) is 14.4. The lowest BCUT2D eigenvalue weighted by atomic mass is 9.57. The van der Waals surface area contributed by atoms with Crippen LogP contribution in [-0.2, 0) is 4.79 Å². The fourth-order valence-electron chi connectivity index (χ4n) is 7.12. The molecule has 0 saturated heterocycles. The summed E-state index contributed by atoms with van der Waals surface area (Å²) in [4.78, 5) is 11.7. The van der Waals surface area contributed by atoms with Gasteiger partial charge in [-0.25, -0.2) is 0 Å². The molecule has 0 aromatic heterocycles. The molecule has 0 N–H and O–H groups in total. The Morgan fingerprint density at radius 1 is 1.19 bits per heavy atom. The van der Waals surface area contributed by atoms with E-state index < -0.39 is 0 Å². The molecule has 112 valence electrons. The summed E-state index contributed by atoms with van der Waals surface area (Å²) in [5, 5.41) is 0. The third-order valence-corrected chi connectivity index (χ3v) is 8.00. The van der Waals surface area contributed by atoms with E-state index in [1.54, 1.807) is 11.1 Å². The summed E-state index contributed by atoms with van der Waals surface area (Å²) in [5.41, 5.74) is 6.25. The van der Waals surface area contributed by atoms with Crippen LogP contribution in [-0.4, -0.2) is 5.78 Å². The lowest BCUT2D eigenvalue weighted by Gasteiger charge is -2.47. The van der Waals surface area contributed by atoms with Gasteiger partial charge in [-0.05, 0) is 90.8 Å². The molecule has 0 aromatic rings. The largest absolute Gasteiger partial charge is 0.295 e. The van der Waals surface area contributed by atoms with Crippen molar-refractivity contribution in [1.82, 2.24) is 0 Å². The maximum atomic E-state index is 11.7. The van der Waals surface area contributed by atoms with Gasteiger partial charge in [-0.2, -0.15) is 0 Å². The van der Waals surface area contributed by atoms with E-state index in [4.69, 9.17) is 0 Å². The predicted molar refractivity (Wildman–Crippen MR) is 83.7 cm³/mol. The van der Waals surface area contributed by atoms with E-state index in [9.17, 15) is 4.79 Å². The lowest BCUT2D eigenvalue weighted by molar-refractivity contribution is -0.114. The minimum Gasteiger partial charge on any atom is -0.295 e. The average molecular weight is 282 g/mol. The summed E-state index contributed by atoms with van der Waals surface area (Å²) in [6, 6.07) is 0. The van der Waals surface area contributed by atoms with Crippen LogP contribution in [0.3, 0.4) is 0 Å². The van der Waals surface area contributed by atoms with Gasteiger partial charge in [0.25, 0.3) is 0 Å². The molecule has 3 saturated carbocycles. The van der Waals surface area contributed by atoms with Gasteiger partial charge in [0.15, 0.2) is 5.78 Å². The molecule has 5 rings (SSSR count). The predicted octanol–water partition coefficient (Wildman–Crippen LogP) is 4.83. The van der Waals surface area contributed by atoms with Crippen LogP contribution in [0.25, 0.3) is 0 Å². The van der Waals surface area contributed by atoms with Crippen molar-refractivity contribution in [2.45, 2.75) is 65.2 Å². The van der Waals surface area contributed by atoms with Gasteiger partial charge in [0.05, 0.1) is 0 Å². The molecule has 21 heavy (non-hydrogen) atoms. The van der Waals surface area contributed by atoms with E-state index in [-0.39, 0.29) is 0 Å². The highest BCUT2D eigenvalue weighted by Gasteiger charge is 2.73. The molecule has 5 atom stereocenters. The number of hydrogen-bond donors (Lipinski definition) is 0. The first-order valence-electron chi connectivity index (χ1n) is 9.01. The van der Waals surface area contributed by atoms with Crippen molar-refractivity contribution in [1.29, 1.82) is 0 Å². The third-order valence-electron chi connectivity index (χ3n) is 8.00. The molecule has 0 amide bonds. The zero-order valence-electron chi connectivity index (χ0n) is 13.4. The van der Waals surface area contributed by atoms with Crippen LogP contribution in [0, 0.1) is 28.6 Å². The Morgan fingerprint density at radius 2 is 2.05 bits per heavy atom. The summed E-state index contributed by atoms with van der Waals surface area (Å²) in [7, 11) is 0. The Hall–Kier alpha value is -0.850. The fourth-order valence-corrected chi connectivity index (χ4v) is 7.12. The van der Waals surface area contributed by atoms with Crippen LogP contribution in [0.4, 0.5) is 0 Å². The summed E-state index contributed by atoms with van der Waals surface area (Å²) < 4.78 is 0. The molecule has 0 heterocycles. The Labute approximate surface area is 127 Å². The molecule has 0 aromatic carbocycles. The zero-order valence-corrected chi connectivity index (χ0v) is 13.4. The molecule has 0 aliphatic heterocycles. The maximum Gasteiger partial charge on any atom is 0.156 e. The average Bonchev–Trinajstić information content (AvgIpc) is 2.91. The Balaban J connectivity index is 1.62. The van der Waals surface area contributed by atoms with E-state index in [1.165, 1.54) is 44.1 Å². The van der Waals surface area contributed by atoms with Gasteiger partial charge in [0.2, 0.25) is 0 Å². The minimum absolute atomic E-state index is 0.364. The van der Waals surface area contributed by atoms with Crippen molar-refractivity contribution in [3.05, 3.63) is 22.8 Å². The van der Waals surface area contributed by atoms with Gasteiger partial charge in [0, 0.05) is 6.42 Å². The Kier molecular flexibility index (Phi) is 2.25. The van der Waals surface area contributed by atoms with E-state index in [0.29, 0.717) is 16.6 Å². The van der Waals surface area contributed by atoms with Gasteiger partial charge in [-0.1, -0.05) is 19.4 Å². The number of hydrogen-bond acceptors (Lipinski definition) is 1. The van der Waals surface area contributed by atoms with Crippen molar-refractivity contribution in [2.24, 2.45) is 28.6 Å². The first kappa shape index (κ1) is 12.7. The molecular weight excluding hydrogens is 256 g/mol. The quantitative estimate of drug-likeness (QED) is 0.622. The SMILES string of the molecule is CC1CC23C[C@@]2(C)CCC3C2CCC3=CC(=O)CCC3=C12. The van der Waals surface area contributed by atoms with Crippen LogP contribution >= 0.6 is 0 Å². The number of rotatable bonds is 0. The number of allylic oxidation sites excluding steroid dienone is 4. The number of carbonyl (C=O) groups excluding carboxylic acids is 1. The standard InChI is InChI=1S/C20H26O/c1-12-10-20-11-19(20,2)8-7-17(20)16-5-3-13-9-14(21)4-6-15(13)18(12)16/h9,12,16-17H,3-8,10-11H2,1-2H3/t12?,16?,17?,19-,20?/m1/s1. The molecule has 4 unspecified atom stereocenters. The Morgan fingerprint density at radius 3 is 2.86 bits per heavy atom. The molecule has 0 radical (unpaired) electrons. The van der Waals surface area contributed by atoms with Crippen LogP contribution in [0.5, 0.6) is 0 Å². The topological polar surface area (TPSA) is 17.1 Å². The highest BCUT2D eigenvalue weighted by Crippen LogP contribution is 2.82. The van der Waals surface area contributed by atoms with Gasteiger partial charge in [-0.15, -0.1) is 0 Å². The smallest absolute Gasteiger partial charge is 0.156 e. The monoisotopic (exact) mass is 282 g/mol. The second-order valence-electron chi connectivity index (χ2n) is 8.86. The highest BCUT2D eigenvalue weighted by molar-refractivity contribution is 5.93. The van der Waals surface area contributed by atoms with Crippen molar-refractivity contribution in [2.75, 3.05) is 0 Å². The summed E-state index contributed by atoms with van der Waals surface area (Å²) in [5.74, 6) is 2.96. The van der Waals surface area contributed by atoms with Crippen molar-refractivity contribution >= 4 is 5.78 Å². The van der Waals surface area contributed by atoms with Crippen LogP contribution < -0.4 is 0 Å². The number of carbonyl (C=O) groups is 1. The van der Waals surface area contributed by atoms with Crippen LogP contribution in [0.2, 0.25) is 0 Å². The lowest BCUT2D eigenvalue weighted by Crippen LogP contribution is -2.37. The van der Waals surface area contributed by atoms with Crippen molar-refractivity contribution in [3.63, 3.8) is 0 Å². The van der Waals surface area contributed by atoms with Gasteiger partial charge >= 0.3 is 0 Å². The molecule has 1 nitrogen and oxygen atoms in total. The molecule has 1 heteroatoms. The first-order chi connectivity index (χ1) is 10.0. The normalized spacial score (nSPS) is 50.9. The van der Waals surface area contributed by atoms with E-state index >= 15 is 0 Å². The van der Waals surface area contributed by atoms with Crippen LogP contribution in [0.1, 0.15) is 65.2 Å². The highest BCUT2D eigenvalue weighted by atomic mass is 16.1. The van der Waals surface area contributed by atoms with E-state index in [1.807, 2.05) is 6.08 Å². The van der Waals surface area contributed by atoms with Crippen molar-refractivity contribution in [3.8, 4) is 0 Å². The van der Waals surface area contributed by atoms with Crippen molar-refractivity contribution < 1.29 is 4.79 Å². The van der Waals surface area contributed by atoms with E-state index in [2.05, 4.69) is 13.8 Å². The fraction of sp³-hybridized carbons (Fsp3) is 0.750. The maximum absolute atomic E-state index is 11.7. The molecule has 3 fully saturated rings. The van der Waals surface area contributed by atoms with Gasteiger partial charge in [0.1, 0.15) is 0 Å². The second-order valence-corrected chi connectivity index (χ2v) is 8.86. The van der Waals surface area contributed by atoms with E-state index in [0.717, 1.165) is 30.6 Å². The summed E-state index contributed by atoms with van der Waals surface area (Å²) in [6.45, 7) is 5.04.